The number of nitro benzene ring substituents is 1. The van der Waals surface area contributed by atoms with Crippen molar-refractivity contribution in [2.75, 3.05) is 18.8 Å². The number of fused-ring (bicyclic) bond motifs is 1. The topological polar surface area (TPSA) is 142 Å². The molecule has 0 aliphatic carbocycles. The van der Waals surface area contributed by atoms with Crippen LogP contribution in [-0.2, 0) is 11.3 Å². The molecule has 0 radical (unpaired) electrons. The molecule has 0 aromatic heterocycles. The van der Waals surface area contributed by atoms with Gasteiger partial charge in [-0.15, -0.1) is 0 Å². The number of urea groups is 1. The number of hydrogen-bond donors (Lipinski definition) is 4. The Morgan fingerprint density at radius 1 is 1.25 bits per heavy atom. The van der Waals surface area contributed by atoms with Crippen LogP contribution in [0.25, 0.3) is 0 Å². The largest absolute Gasteiger partial charge is 0.355 e. The van der Waals surface area contributed by atoms with Crippen LogP contribution in [-0.4, -0.2) is 58.8 Å². The Balaban J connectivity index is 1.28. The second-order valence-electron chi connectivity index (χ2n) is 8.05. The Morgan fingerprint density at radius 2 is 2.06 bits per heavy atom. The average Bonchev–Trinajstić information content (AvgIpc) is 3.30. The van der Waals surface area contributed by atoms with Gasteiger partial charge in [-0.1, -0.05) is 12.5 Å². The van der Waals surface area contributed by atoms with Gasteiger partial charge < -0.3 is 21.3 Å². The predicted octanol–water partition coefficient (Wildman–Crippen LogP) is 1.73. The number of amides is 3. The molecular formula is C21H29N5O5S. The number of nitro groups is 1. The van der Waals surface area contributed by atoms with Gasteiger partial charge in [0.2, 0.25) is 5.91 Å². The summed E-state index contributed by atoms with van der Waals surface area (Å²) in [4.78, 5) is 45.6. The summed E-state index contributed by atoms with van der Waals surface area (Å²) in [6, 6.07) is 4.61. The second kappa shape index (κ2) is 11.3. The third-order valence-corrected chi connectivity index (χ3v) is 7.21. The SMILES string of the molecule is CC(=O)c1cc([N+](=O)[O-])ccc1CNCCNC(=O)CCCC[C@@H]1SC[C@@H]2NC(=O)N[C@@H]21. The quantitative estimate of drug-likeness (QED) is 0.122. The van der Waals surface area contributed by atoms with Gasteiger partial charge in [0, 0.05) is 54.8 Å². The Morgan fingerprint density at radius 3 is 2.81 bits per heavy atom. The number of non-ortho nitro benzene ring substituents is 1. The van der Waals surface area contributed by atoms with Gasteiger partial charge in [0.15, 0.2) is 5.78 Å². The first kappa shape index (κ1) is 24.0. The fourth-order valence-corrected chi connectivity index (χ4v) is 5.58. The molecule has 32 heavy (non-hydrogen) atoms. The first-order valence-electron chi connectivity index (χ1n) is 10.8. The molecule has 0 spiro atoms. The minimum atomic E-state index is -0.522. The lowest BCUT2D eigenvalue weighted by Gasteiger charge is -2.16. The van der Waals surface area contributed by atoms with Crippen LogP contribution < -0.4 is 21.3 Å². The molecule has 2 aliphatic rings. The van der Waals surface area contributed by atoms with Crippen molar-refractivity contribution < 1.29 is 19.3 Å². The van der Waals surface area contributed by atoms with Gasteiger partial charge in [-0.05, 0) is 25.3 Å². The fourth-order valence-electron chi connectivity index (χ4n) is 4.04. The van der Waals surface area contributed by atoms with Gasteiger partial charge in [-0.2, -0.15) is 11.8 Å². The van der Waals surface area contributed by atoms with Crippen LogP contribution in [0.3, 0.4) is 0 Å². The number of benzene rings is 1. The number of carbonyl (C=O) groups is 3. The molecule has 2 aliphatic heterocycles. The van der Waals surface area contributed by atoms with Crippen molar-refractivity contribution in [3.8, 4) is 0 Å². The van der Waals surface area contributed by atoms with E-state index in [1.807, 2.05) is 11.8 Å². The highest BCUT2D eigenvalue weighted by atomic mass is 32.2. The number of thioether (sulfide) groups is 1. The summed E-state index contributed by atoms with van der Waals surface area (Å²) in [5, 5.41) is 23.2. The van der Waals surface area contributed by atoms with Crippen molar-refractivity contribution in [2.24, 2.45) is 0 Å². The molecule has 0 saturated carbocycles. The van der Waals surface area contributed by atoms with Gasteiger partial charge in [-0.3, -0.25) is 19.7 Å². The van der Waals surface area contributed by atoms with E-state index in [2.05, 4.69) is 21.3 Å². The van der Waals surface area contributed by atoms with Crippen molar-refractivity contribution in [3.63, 3.8) is 0 Å². The smallest absolute Gasteiger partial charge is 0.315 e. The fraction of sp³-hybridized carbons (Fsp3) is 0.571. The Hall–Kier alpha value is -2.66. The van der Waals surface area contributed by atoms with Crippen molar-refractivity contribution in [1.29, 1.82) is 0 Å². The van der Waals surface area contributed by atoms with Crippen LogP contribution >= 0.6 is 11.8 Å². The maximum Gasteiger partial charge on any atom is 0.315 e. The van der Waals surface area contributed by atoms with Gasteiger partial charge >= 0.3 is 6.03 Å². The number of carbonyl (C=O) groups excluding carboxylic acids is 3. The highest BCUT2D eigenvalue weighted by Gasteiger charge is 2.42. The van der Waals surface area contributed by atoms with Crippen LogP contribution in [0.1, 0.15) is 48.5 Å². The Kier molecular flexibility index (Phi) is 8.46. The van der Waals surface area contributed by atoms with E-state index in [4.69, 9.17) is 0 Å². The van der Waals surface area contributed by atoms with Gasteiger partial charge in [0.25, 0.3) is 5.69 Å². The molecule has 1 aromatic carbocycles. The first-order chi connectivity index (χ1) is 15.3. The summed E-state index contributed by atoms with van der Waals surface area (Å²) in [5.74, 6) is 0.714. The summed E-state index contributed by atoms with van der Waals surface area (Å²) in [7, 11) is 0. The summed E-state index contributed by atoms with van der Waals surface area (Å²) in [5.41, 5.74) is 0.910. The molecule has 0 unspecified atom stereocenters. The van der Waals surface area contributed by atoms with Gasteiger partial charge in [0.1, 0.15) is 0 Å². The van der Waals surface area contributed by atoms with E-state index >= 15 is 0 Å². The lowest BCUT2D eigenvalue weighted by Crippen LogP contribution is -2.36. The monoisotopic (exact) mass is 463 g/mol. The summed E-state index contributed by atoms with van der Waals surface area (Å²) < 4.78 is 0. The highest BCUT2D eigenvalue weighted by molar-refractivity contribution is 8.00. The summed E-state index contributed by atoms with van der Waals surface area (Å²) >= 11 is 1.88. The van der Waals surface area contributed by atoms with Crippen molar-refractivity contribution >= 4 is 35.2 Å². The molecule has 3 atom stereocenters. The lowest BCUT2D eigenvalue weighted by atomic mass is 10.0. The van der Waals surface area contributed by atoms with E-state index in [0.717, 1.165) is 25.0 Å². The number of ketones is 1. The normalized spacial score (nSPS) is 21.5. The summed E-state index contributed by atoms with van der Waals surface area (Å²) in [6.07, 6.45) is 3.19. The van der Waals surface area contributed by atoms with Gasteiger partial charge in [-0.25, -0.2) is 4.79 Å². The standard InChI is InChI=1S/C21H29N5O5S/c1-13(27)16-10-15(26(30)31)7-6-14(16)11-22-8-9-23-19(28)5-3-2-4-18-20-17(12-32-18)24-21(29)25-20/h6-7,10,17-18,20,22H,2-5,8-9,11-12H2,1H3,(H,23,28)(H2,24,25,29)/t17-,18-,20-/m0/s1. The molecule has 3 rings (SSSR count). The van der Waals surface area contributed by atoms with Crippen LogP contribution in [0.4, 0.5) is 10.5 Å². The van der Waals surface area contributed by atoms with Crippen molar-refractivity contribution in [3.05, 3.63) is 39.4 Å². The number of nitrogens with zero attached hydrogens (tertiary/aromatic N) is 1. The second-order valence-corrected chi connectivity index (χ2v) is 9.32. The van der Waals surface area contributed by atoms with E-state index < -0.39 is 4.92 Å². The maximum atomic E-state index is 12.0. The minimum absolute atomic E-state index is 0.000603. The highest BCUT2D eigenvalue weighted by Crippen LogP contribution is 2.33. The van der Waals surface area contributed by atoms with Crippen molar-refractivity contribution in [2.45, 2.75) is 56.5 Å². The third kappa shape index (κ3) is 6.42. The average molecular weight is 464 g/mol. The maximum absolute atomic E-state index is 12.0. The first-order valence-corrected chi connectivity index (χ1v) is 11.8. The van der Waals surface area contributed by atoms with E-state index in [1.54, 1.807) is 6.07 Å². The third-order valence-electron chi connectivity index (χ3n) is 5.70. The zero-order chi connectivity index (χ0) is 23.1. The van der Waals surface area contributed by atoms with Crippen LogP contribution in [0.15, 0.2) is 18.2 Å². The molecule has 174 valence electrons. The van der Waals surface area contributed by atoms with Crippen molar-refractivity contribution in [1.82, 2.24) is 21.3 Å². The number of rotatable bonds is 12. The number of Topliss-reactive ketones (excluding diaryl/α,β-unsaturated/α-hetero) is 1. The molecule has 2 fully saturated rings. The molecule has 1 aromatic rings. The lowest BCUT2D eigenvalue weighted by molar-refractivity contribution is -0.384. The Labute approximate surface area is 190 Å². The molecule has 11 heteroatoms. The molecule has 0 bridgehead atoms. The molecular weight excluding hydrogens is 434 g/mol. The zero-order valence-electron chi connectivity index (χ0n) is 18.0. The number of unbranched alkanes of at least 4 members (excludes halogenated alkanes) is 1. The molecule has 10 nitrogen and oxygen atoms in total. The molecule has 3 amide bonds. The van der Waals surface area contributed by atoms with E-state index in [9.17, 15) is 24.5 Å². The number of nitrogens with one attached hydrogen (secondary N) is 4. The molecule has 2 saturated heterocycles. The zero-order valence-corrected chi connectivity index (χ0v) is 18.8. The van der Waals surface area contributed by atoms with Crippen LogP contribution in [0.2, 0.25) is 0 Å². The molecule has 2 heterocycles. The van der Waals surface area contributed by atoms with Crippen LogP contribution in [0, 0.1) is 10.1 Å². The van der Waals surface area contributed by atoms with E-state index in [-0.39, 0.29) is 35.5 Å². The predicted molar refractivity (Wildman–Crippen MR) is 122 cm³/mol. The van der Waals surface area contributed by atoms with E-state index in [0.29, 0.717) is 42.4 Å². The molecule has 4 N–H and O–H groups in total. The van der Waals surface area contributed by atoms with Crippen LogP contribution in [0.5, 0.6) is 0 Å². The summed E-state index contributed by atoms with van der Waals surface area (Å²) in [6.45, 7) is 2.75. The van der Waals surface area contributed by atoms with Gasteiger partial charge in [0.05, 0.1) is 17.0 Å². The van der Waals surface area contributed by atoms with E-state index in [1.165, 1.54) is 19.1 Å². The number of hydrogen-bond acceptors (Lipinski definition) is 7. The Bertz CT molecular complexity index is 880. The minimum Gasteiger partial charge on any atom is -0.355 e.